The van der Waals surface area contributed by atoms with Crippen molar-refractivity contribution in [1.29, 1.82) is 0 Å². The molecule has 1 atom stereocenters. The number of likely N-dealkylation sites (tertiary alicyclic amines) is 1. The van der Waals surface area contributed by atoms with Gasteiger partial charge in [-0.2, -0.15) is 0 Å². The van der Waals surface area contributed by atoms with Crippen molar-refractivity contribution >= 4 is 5.91 Å². The molecule has 3 heterocycles. The number of ether oxygens (including phenoxy) is 1. The van der Waals surface area contributed by atoms with Crippen LogP contribution in [0.5, 0.6) is 5.88 Å². The minimum Gasteiger partial charge on any atom is -0.479 e. The van der Waals surface area contributed by atoms with Gasteiger partial charge in [-0.3, -0.25) is 4.79 Å². The number of carbonyl (C=O) groups is 1. The highest BCUT2D eigenvalue weighted by atomic mass is 16.5. The maximum absolute atomic E-state index is 12.4. The second-order valence-corrected chi connectivity index (χ2v) is 5.84. The van der Waals surface area contributed by atoms with Crippen molar-refractivity contribution in [3.8, 4) is 5.88 Å². The lowest BCUT2D eigenvalue weighted by atomic mass is 9.94. The van der Waals surface area contributed by atoms with Crippen LogP contribution >= 0.6 is 0 Å². The highest BCUT2D eigenvalue weighted by Crippen LogP contribution is 2.25. The Morgan fingerprint density at radius 2 is 2.42 bits per heavy atom. The summed E-state index contributed by atoms with van der Waals surface area (Å²) in [4.78, 5) is 32.1. The molecule has 8 nitrogen and oxygen atoms in total. The fourth-order valence-electron chi connectivity index (χ4n) is 2.97. The van der Waals surface area contributed by atoms with Gasteiger partial charge >= 0.3 is 5.69 Å². The van der Waals surface area contributed by atoms with Crippen LogP contribution in [0.2, 0.25) is 0 Å². The van der Waals surface area contributed by atoms with Gasteiger partial charge in [0.25, 0.3) is 5.88 Å². The lowest BCUT2D eigenvalue weighted by molar-refractivity contribution is -0.132. The van der Waals surface area contributed by atoms with Crippen molar-refractivity contribution in [2.75, 3.05) is 20.2 Å². The number of piperidine rings is 1. The van der Waals surface area contributed by atoms with E-state index >= 15 is 0 Å². The van der Waals surface area contributed by atoms with E-state index < -0.39 is 0 Å². The van der Waals surface area contributed by atoms with Crippen LogP contribution in [0, 0.1) is 0 Å². The minimum atomic E-state index is -0.352. The number of carbonyl (C=O) groups excluding carboxylic acids is 1. The smallest absolute Gasteiger partial charge is 0.345 e. The Balaban J connectivity index is 1.57. The standard InChI is InChI=1S/C16H20N4O4/c1-23-14-9-12(24-19-14)4-5-15(21)20-8-2-3-11(10-20)13-6-7-17-16(22)18-13/h6-7,9,11H,2-5,8,10H2,1H3,(H,17,18,22)/t11-/m0/s1. The van der Waals surface area contributed by atoms with Gasteiger partial charge in [0.2, 0.25) is 5.91 Å². The van der Waals surface area contributed by atoms with Gasteiger partial charge in [-0.1, -0.05) is 0 Å². The Morgan fingerprint density at radius 3 is 3.17 bits per heavy atom. The van der Waals surface area contributed by atoms with E-state index in [2.05, 4.69) is 15.1 Å². The normalized spacial score (nSPS) is 17.7. The van der Waals surface area contributed by atoms with Crippen LogP contribution in [0.15, 0.2) is 27.6 Å². The van der Waals surface area contributed by atoms with Crippen LogP contribution < -0.4 is 10.4 Å². The molecule has 2 aromatic rings. The Morgan fingerprint density at radius 1 is 1.54 bits per heavy atom. The van der Waals surface area contributed by atoms with Crippen LogP contribution in [-0.2, 0) is 11.2 Å². The van der Waals surface area contributed by atoms with Crippen molar-refractivity contribution < 1.29 is 14.1 Å². The number of H-pyrrole nitrogens is 1. The van der Waals surface area contributed by atoms with Crippen LogP contribution in [0.4, 0.5) is 0 Å². The van der Waals surface area contributed by atoms with E-state index in [0.29, 0.717) is 31.0 Å². The highest BCUT2D eigenvalue weighted by molar-refractivity contribution is 5.76. The molecule has 0 bridgehead atoms. The van der Waals surface area contributed by atoms with E-state index in [9.17, 15) is 9.59 Å². The predicted octanol–water partition coefficient (Wildman–Crippen LogP) is 1.11. The summed E-state index contributed by atoms with van der Waals surface area (Å²) in [6, 6.07) is 3.49. The summed E-state index contributed by atoms with van der Waals surface area (Å²) < 4.78 is 10.1. The maximum Gasteiger partial charge on any atom is 0.345 e. The number of amides is 1. The topological polar surface area (TPSA) is 101 Å². The summed E-state index contributed by atoms with van der Waals surface area (Å²) in [5, 5.41) is 3.72. The van der Waals surface area contributed by atoms with E-state index in [4.69, 9.17) is 9.26 Å². The summed E-state index contributed by atoms with van der Waals surface area (Å²) in [7, 11) is 1.52. The summed E-state index contributed by atoms with van der Waals surface area (Å²) in [5.41, 5.74) is 0.489. The van der Waals surface area contributed by atoms with E-state index in [-0.39, 0.29) is 17.5 Å². The zero-order valence-corrected chi connectivity index (χ0v) is 13.5. The molecule has 0 aromatic carbocycles. The maximum atomic E-state index is 12.4. The number of rotatable bonds is 5. The Hall–Kier alpha value is -2.64. The predicted molar refractivity (Wildman–Crippen MR) is 84.8 cm³/mol. The number of hydrogen-bond donors (Lipinski definition) is 1. The number of aromatic nitrogens is 3. The van der Waals surface area contributed by atoms with E-state index in [1.165, 1.54) is 13.3 Å². The first-order valence-electron chi connectivity index (χ1n) is 7.98. The second kappa shape index (κ2) is 7.29. The van der Waals surface area contributed by atoms with Crippen molar-refractivity contribution in [2.45, 2.75) is 31.6 Å². The van der Waals surface area contributed by atoms with Gasteiger partial charge in [0.05, 0.1) is 7.11 Å². The van der Waals surface area contributed by atoms with E-state index in [1.807, 2.05) is 4.90 Å². The first-order valence-corrected chi connectivity index (χ1v) is 7.98. The summed E-state index contributed by atoms with van der Waals surface area (Å²) >= 11 is 0. The number of nitrogens with one attached hydrogen (secondary N) is 1. The molecule has 1 amide bonds. The van der Waals surface area contributed by atoms with Crippen LogP contribution in [0.3, 0.4) is 0 Å². The van der Waals surface area contributed by atoms with Crippen molar-refractivity contribution in [3.05, 3.63) is 40.3 Å². The highest BCUT2D eigenvalue weighted by Gasteiger charge is 2.25. The van der Waals surface area contributed by atoms with Crippen molar-refractivity contribution in [1.82, 2.24) is 20.0 Å². The fourth-order valence-corrected chi connectivity index (χ4v) is 2.97. The average Bonchev–Trinajstić information content (AvgIpc) is 3.08. The molecule has 0 radical (unpaired) electrons. The second-order valence-electron chi connectivity index (χ2n) is 5.84. The lowest BCUT2D eigenvalue weighted by Crippen LogP contribution is -2.39. The van der Waals surface area contributed by atoms with Crippen LogP contribution in [0.25, 0.3) is 0 Å². The quantitative estimate of drug-likeness (QED) is 0.880. The molecule has 8 heteroatoms. The molecule has 1 N–H and O–H groups in total. The molecule has 24 heavy (non-hydrogen) atoms. The number of hydrogen-bond acceptors (Lipinski definition) is 6. The summed E-state index contributed by atoms with van der Waals surface area (Å²) in [6.45, 7) is 1.35. The van der Waals surface area contributed by atoms with Gasteiger partial charge in [0.15, 0.2) is 0 Å². The number of methoxy groups -OCH3 is 1. The Kier molecular flexibility index (Phi) is 4.93. The van der Waals surface area contributed by atoms with Crippen LogP contribution in [-0.4, -0.2) is 46.1 Å². The third-order valence-electron chi connectivity index (χ3n) is 4.24. The number of aromatic amines is 1. The molecule has 1 saturated heterocycles. The molecular formula is C16H20N4O4. The van der Waals surface area contributed by atoms with E-state index in [1.54, 1.807) is 12.1 Å². The zero-order valence-electron chi connectivity index (χ0n) is 13.5. The third-order valence-corrected chi connectivity index (χ3v) is 4.24. The van der Waals surface area contributed by atoms with Gasteiger partial charge in [0, 0.05) is 49.8 Å². The van der Waals surface area contributed by atoms with Gasteiger partial charge < -0.3 is 19.1 Å². The van der Waals surface area contributed by atoms with Crippen molar-refractivity contribution in [2.24, 2.45) is 0 Å². The van der Waals surface area contributed by atoms with Gasteiger partial charge in [0.1, 0.15) is 5.76 Å². The molecule has 1 fully saturated rings. The molecular weight excluding hydrogens is 312 g/mol. The molecule has 0 aliphatic carbocycles. The zero-order chi connectivity index (χ0) is 16.9. The molecule has 0 unspecified atom stereocenters. The first kappa shape index (κ1) is 16.2. The monoisotopic (exact) mass is 332 g/mol. The molecule has 2 aromatic heterocycles. The number of nitrogens with zero attached hydrogens (tertiary/aromatic N) is 3. The molecule has 128 valence electrons. The average molecular weight is 332 g/mol. The SMILES string of the molecule is COc1cc(CCC(=O)N2CCC[C@H](c3ccnc(=O)[nH]3)C2)on1. The molecule has 3 rings (SSSR count). The van der Waals surface area contributed by atoms with Gasteiger partial charge in [-0.15, -0.1) is 0 Å². The molecule has 0 saturated carbocycles. The van der Waals surface area contributed by atoms with E-state index in [0.717, 1.165) is 25.1 Å². The van der Waals surface area contributed by atoms with Crippen molar-refractivity contribution in [3.63, 3.8) is 0 Å². The molecule has 1 aliphatic heterocycles. The Bertz CT molecular complexity index is 754. The summed E-state index contributed by atoms with van der Waals surface area (Å²) in [5.74, 6) is 1.26. The Labute approximate surface area is 138 Å². The molecule has 1 aliphatic rings. The summed E-state index contributed by atoms with van der Waals surface area (Å²) in [6.07, 6.45) is 4.21. The largest absolute Gasteiger partial charge is 0.479 e. The molecule has 0 spiro atoms. The fraction of sp³-hybridized carbons (Fsp3) is 0.500. The number of aryl methyl sites for hydroxylation is 1. The van der Waals surface area contributed by atoms with Gasteiger partial charge in [-0.25, -0.2) is 9.78 Å². The minimum absolute atomic E-state index is 0.0754. The third kappa shape index (κ3) is 3.81. The first-order chi connectivity index (χ1) is 11.7. The van der Waals surface area contributed by atoms with Crippen LogP contribution in [0.1, 0.15) is 36.6 Å². The lowest BCUT2D eigenvalue weighted by Gasteiger charge is -2.32. The van der Waals surface area contributed by atoms with Gasteiger partial charge in [-0.05, 0) is 24.1 Å².